The second-order valence-electron chi connectivity index (χ2n) is 5.67. The van der Waals surface area contributed by atoms with Crippen LogP contribution in [0, 0.1) is 11.3 Å². The van der Waals surface area contributed by atoms with E-state index in [-0.39, 0.29) is 22.7 Å². The number of carbonyl (C=O) groups is 2. The molecule has 7 heteroatoms. The van der Waals surface area contributed by atoms with Gasteiger partial charge in [-0.25, -0.2) is 0 Å². The molecular weight excluding hydrogens is 380 g/mol. The van der Waals surface area contributed by atoms with Gasteiger partial charge in [0.25, 0.3) is 5.91 Å². The van der Waals surface area contributed by atoms with E-state index in [1.165, 1.54) is 18.2 Å². The van der Waals surface area contributed by atoms with E-state index in [4.69, 9.17) is 16.0 Å². The molecule has 0 aliphatic heterocycles. The van der Waals surface area contributed by atoms with Crippen molar-refractivity contribution >= 4 is 35.2 Å². The molecule has 0 aliphatic rings. The quantitative estimate of drug-likeness (QED) is 0.529. The number of nitriles is 1. The van der Waals surface area contributed by atoms with Crippen LogP contribution in [0.1, 0.15) is 16.1 Å². The van der Waals surface area contributed by atoms with Gasteiger partial charge in [-0.05, 0) is 36.4 Å². The molecule has 6 nitrogen and oxygen atoms in total. The first-order valence-electron chi connectivity index (χ1n) is 8.07. The molecule has 28 heavy (non-hydrogen) atoms. The van der Waals surface area contributed by atoms with Crippen molar-refractivity contribution in [3.05, 3.63) is 82.6 Å². The van der Waals surface area contributed by atoms with Crippen LogP contribution in [0.5, 0.6) is 0 Å². The molecule has 1 N–H and O–H groups in total. The van der Waals surface area contributed by atoms with E-state index in [1.54, 1.807) is 48.5 Å². The van der Waals surface area contributed by atoms with Gasteiger partial charge in [0, 0.05) is 27.9 Å². The lowest BCUT2D eigenvalue weighted by Gasteiger charge is -2.07. The molecule has 3 rings (SSSR count). The molecule has 3 aromatic rings. The molecule has 0 fully saturated rings. The highest BCUT2D eigenvalue weighted by Gasteiger charge is 2.13. The maximum atomic E-state index is 12.3. The molecule has 1 amide bonds. The number of carbonyl (C=O) groups excluding carboxylic acids is 2. The van der Waals surface area contributed by atoms with Gasteiger partial charge in [0.2, 0.25) is 0 Å². The van der Waals surface area contributed by atoms with Crippen molar-refractivity contribution in [2.75, 3.05) is 5.32 Å². The number of nitrogens with zero attached hydrogens (tertiary/aromatic N) is 1. The van der Waals surface area contributed by atoms with Gasteiger partial charge < -0.3 is 19.6 Å². The molecule has 0 saturated carbocycles. The van der Waals surface area contributed by atoms with Crippen LogP contribution >= 0.6 is 11.6 Å². The SMILES string of the molecule is N#C/C(=C\c1ccc(-c2ccccc2C(=O)[O-])o1)C(=O)Nc1ccc(Cl)cc1. The van der Waals surface area contributed by atoms with Gasteiger partial charge in [-0.2, -0.15) is 5.26 Å². The Morgan fingerprint density at radius 3 is 2.46 bits per heavy atom. The largest absolute Gasteiger partial charge is 0.545 e. The number of amides is 1. The van der Waals surface area contributed by atoms with Gasteiger partial charge in [0.1, 0.15) is 23.2 Å². The van der Waals surface area contributed by atoms with Crippen molar-refractivity contribution < 1.29 is 19.1 Å². The standard InChI is InChI=1S/C21H13ClN2O4/c22-14-5-7-15(8-6-14)24-20(25)13(12-23)11-16-9-10-19(28-16)17-3-1-2-4-18(17)21(26)27/h1-11H,(H,24,25)(H,26,27)/p-1/b13-11+. The number of carboxylic acids is 1. The van der Waals surface area contributed by atoms with Crippen LogP contribution in [-0.2, 0) is 4.79 Å². The Kier molecular flexibility index (Phi) is 5.58. The number of hydrogen-bond acceptors (Lipinski definition) is 5. The van der Waals surface area contributed by atoms with E-state index < -0.39 is 11.9 Å². The highest BCUT2D eigenvalue weighted by Crippen LogP contribution is 2.26. The molecule has 0 aliphatic carbocycles. The normalized spacial score (nSPS) is 10.9. The van der Waals surface area contributed by atoms with Crippen LogP contribution < -0.4 is 10.4 Å². The average molecular weight is 392 g/mol. The summed E-state index contributed by atoms with van der Waals surface area (Å²) < 4.78 is 5.59. The molecule has 0 bridgehead atoms. The van der Waals surface area contributed by atoms with Crippen molar-refractivity contribution in [2.45, 2.75) is 0 Å². The fourth-order valence-electron chi connectivity index (χ4n) is 2.47. The minimum atomic E-state index is -1.33. The van der Waals surface area contributed by atoms with Gasteiger partial charge >= 0.3 is 0 Å². The molecule has 138 valence electrons. The van der Waals surface area contributed by atoms with Crippen LogP contribution in [0.4, 0.5) is 5.69 Å². The third-order valence-electron chi connectivity index (χ3n) is 3.79. The maximum Gasteiger partial charge on any atom is 0.266 e. The molecule has 1 aromatic heterocycles. The monoisotopic (exact) mass is 391 g/mol. The van der Waals surface area contributed by atoms with Crippen LogP contribution in [0.2, 0.25) is 5.02 Å². The minimum absolute atomic E-state index is 0.0200. The summed E-state index contributed by atoms with van der Waals surface area (Å²) in [7, 11) is 0. The Labute approximate surface area is 165 Å². The first-order valence-corrected chi connectivity index (χ1v) is 8.45. The molecule has 0 unspecified atom stereocenters. The van der Waals surface area contributed by atoms with Crippen molar-refractivity contribution in [3.8, 4) is 17.4 Å². The minimum Gasteiger partial charge on any atom is -0.545 e. The summed E-state index contributed by atoms with van der Waals surface area (Å²) in [4.78, 5) is 23.5. The Morgan fingerprint density at radius 1 is 1.07 bits per heavy atom. The number of hydrogen-bond donors (Lipinski definition) is 1. The Bertz CT molecular complexity index is 1110. The molecule has 0 saturated heterocycles. The van der Waals surface area contributed by atoms with E-state index in [9.17, 15) is 20.0 Å². The van der Waals surface area contributed by atoms with Gasteiger partial charge in [0.05, 0.1) is 5.97 Å². The molecular formula is C21H12ClN2O4-. The first-order chi connectivity index (χ1) is 13.5. The zero-order valence-electron chi connectivity index (χ0n) is 14.3. The van der Waals surface area contributed by atoms with Crippen LogP contribution in [0.3, 0.4) is 0 Å². The second-order valence-corrected chi connectivity index (χ2v) is 6.10. The topological polar surface area (TPSA) is 106 Å². The lowest BCUT2D eigenvalue weighted by Crippen LogP contribution is -2.22. The number of carboxylic acid groups (broad SMARTS) is 1. The van der Waals surface area contributed by atoms with E-state index >= 15 is 0 Å². The summed E-state index contributed by atoms with van der Waals surface area (Å²) in [6.45, 7) is 0. The van der Waals surface area contributed by atoms with Crippen molar-refractivity contribution in [1.29, 1.82) is 5.26 Å². The number of anilines is 1. The Morgan fingerprint density at radius 2 is 1.79 bits per heavy atom. The number of aromatic carboxylic acids is 1. The van der Waals surface area contributed by atoms with E-state index in [0.717, 1.165) is 0 Å². The molecule has 2 aromatic carbocycles. The summed E-state index contributed by atoms with van der Waals surface area (Å²) in [5.41, 5.74) is 0.627. The predicted molar refractivity (Wildman–Crippen MR) is 102 cm³/mol. The second kappa shape index (κ2) is 8.25. The van der Waals surface area contributed by atoms with Gasteiger partial charge in [0.15, 0.2) is 0 Å². The highest BCUT2D eigenvalue weighted by atomic mass is 35.5. The summed E-state index contributed by atoms with van der Waals surface area (Å²) in [6, 6.07) is 17.6. The van der Waals surface area contributed by atoms with Gasteiger partial charge in [-0.1, -0.05) is 35.9 Å². The zero-order valence-corrected chi connectivity index (χ0v) is 15.1. The molecule has 0 spiro atoms. The summed E-state index contributed by atoms with van der Waals surface area (Å²) in [5.74, 6) is -1.44. The Hall–Kier alpha value is -3.82. The van der Waals surface area contributed by atoms with Crippen molar-refractivity contribution in [1.82, 2.24) is 0 Å². The predicted octanol–water partition coefficient (Wildman–Crippen LogP) is 3.51. The average Bonchev–Trinajstić information content (AvgIpc) is 3.16. The third kappa shape index (κ3) is 4.29. The van der Waals surface area contributed by atoms with Crippen LogP contribution in [0.15, 0.2) is 70.7 Å². The van der Waals surface area contributed by atoms with Gasteiger partial charge in [-0.15, -0.1) is 0 Å². The van der Waals surface area contributed by atoms with Crippen LogP contribution in [-0.4, -0.2) is 11.9 Å². The lowest BCUT2D eigenvalue weighted by atomic mass is 10.1. The number of halogens is 1. The molecule has 0 atom stereocenters. The number of benzene rings is 2. The maximum absolute atomic E-state index is 12.3. The summed E-state index contributed by atoms with van der Waals surface area (Å²) in [5, 5.41) is 23.6. The van der Waals surface area contributed by atoms with Gasteiger partial charge in [-0.3, -0.25) is 4.79 Å². The Balaban J connectivity index is 1.85. The van der Waals surface area contributed by atoms with Crippen molar-refractivity contribution in [3.63, 3.8) is 0 Å². The first kappa shape index (κ1) is 19.0. The molecule has 0 radical (unpaired) electrons. The van der Waals surface area contributed by atoms with E-state index in [0.29, 0.717) is 16.3 Å². The zero-order chi connectivity index (χ0) is 20.1. The van der Waals surface area contributed by atoms with E-state index in [1.807, 2.05) is 6.07 Å². The molecule has 1 heterocycles. The highest BCUT2D eigenvalue weighted by molar-refractivity contribution is 6.30. The third-order valence-corrected chi connectivity index (χ3v) is 4.04. The summed E-state index contributed by atoms with van der Waals surface area (Å²) >= 11 is 5.80. The fourth-order valence-corrected chi connectivity index (χ4v) is 2.60. The number of nitrogens with one attached hydrogen (secondary N) is 1. The number of rotatable bonds is 5. The summed E-state index contributed by atoms with van der Waals surface area (Å²) in [6.07, 6.45) is 1.27. The van der Waals surface area contributed by atoms with E-state index in [2.05, 4.69) is 5.32 Å². The fraction of sp³-hybridized carbons (Fsp3) is 0. The van der Waals surface area contributed by atoms with Crippen molar-refractivity contribution in [2.24, 2.45) is 0 Å². The smallest absolute Gasteiger partial charge is 0.266 e. The lowest BCUT2D eigenvalue weighted by molar-refractivity contribution is -0.254. The number of furan rings is 1. The van der Waals surface area contributed by atoms with Crippen LogP contribution in [0.25, 0.3) is 17.4 Å².